The van der Waals surface area contributed by atoms with Crippen LogP contribution in [0.5, 0.6) is 0 Å². The Balaban J connectivity index is 0.000000810. The molecule has 2 heterocycles. The van der Waals surface area contributed by atoms with E-state index in [-0.39, 0.29) is 24.8 Å². The van der Waals surface area contributed by atoms with E-state index in [1.54, 1.807) is 0 Å². The summed E-state index contributed by atoms with van der Waals surface area (Å²) in [6.07, 6.45) is 5.26. The second-order valence-electron chi connectivity index (χ2n) is 4.97. The lowest BCUT2D eigenvalue weighted by molar-refractivity contribution is 0.564. The van der Waals surface area contributed by atoms with E-state index in [9.17, 15) is 0 Å². The smallest absolute Gasteiger partial charge is 0.0399 e. The first-order chi connectivity index (χ1) is 7.93. The first-order valence-corrected chi connectivity index (χ1v) is 6.50. The van der Waals surface area contributed by atoms with Crippen molar-refractivity contribution < 1.29 is 0 Å². The van der Waals surface area contributed by atoms with Gasteiger partial charge in [-0.15, -0.1) is 24.8 Å². The Morgan fingerprint density at radius 3 is 2.78 bits per heavy atom. The van der Waals surface area contributed by atoms with Crippen LogP contribution in [0.1, 0.15) is 24.8 Å². The molecule has 0 bridgehead atoms. The van der Waals surface area contributed by atoms with Crippen LogP contribution < -0.4 is 10.2 Å². The Labute approximate surface area is 122 Å². The van der Waals surface area contributed by atoms with Gasteiger partial charge in [-0.2, -0.15) is 0 Å². The highest BCUT2D eigenvalue weighted by Gasteiger charge is 2.21. The number of para-hydroxylation sites is 1. The van der Waals surface area contributed by atoms with E-state index in [4.69, 9.17) is 0 Å². The maximum Gasteiger partial charge on any atom is 0.0399 e. The minimum Gasteiger partial charge on any atom is -0.370 e. The van der Waals surface area contributed by atoms with Gasteiger partial charge in [0.15, 0.2) is 0 Å². The maximum absolute atomic E-state index is 3.59. The number of halogens is 2. The second kappa shape index (κ2) is 7.22. The van der Waals surface area contributed by atoms with Gasteiger partial charge in [-0.25, -0.2) is 0 Å². The van der Waals surface area contributed by atoms with Crippen LogP contribution in [0.15, 0.2) is 24.3 Å². The van der Waals surface area contributed by atoms with Crippen molar-refractivity contribution >= 4 is 30.5 Å². The van der Waals surface area contributed by atoms with Crippen LogP contribution in [0.25, 0.3) is 0 Å². The maximum atomic E-state index is 3.59. The molecule has 0 amide bonds. The molecule has 4 heteroatoms. The predicted molar refractivity (Wildman–Crippen MR) is 82.5 cm³/mol. The number of hydrogen-bond donors (Lipinski definition) is 1. The fourth-order valence-electron chi connectivity index (χ4n) is 2.98. The quantitative estimate of drug-likeness (QED) is 0.900. The van der Waals surface area contributed by atoms with Gasteiger partial charge in [-0.1, -0.05) is 18.2 Å². The van der Waals surface area contributed by atoms with Crippen LogP contribution >= 0.6 is 24.8 Å². The largest absolute Gasteiger partial charge is 0.370 e. The number of aryl methyl sites for hydroxylation is 1. The zero-order valence-electron chi connectivity index (χ0n) is 10.6. The van der Waals surface area contributed by atoms with Crippen LogP contribution in [0.3, 0.4) is 0 Å². The Kier molecular flexibility index (Phi) is 6.27. The van der Waals surface area contributed by atoms with Gasteiger partial charge in [0, 0.05) is 24.8 Å². The highest BCUT2D eigenvalue weighted by atomic mass is 35.5. The summed E-state index contributed by atoms with van der Waals surface area (Å²) in [6, 6.07) is 9.61. The molecule has 3 rings (SSSR count). The van der Waals surface area contributed by atoms with Crippen LogP contribution in [-0.2, 0) is 6.42 Å². The summed E-state index contributed by atoms with van der Waals surface area (Å²) in [7, 11) is 0. The lowest BCUT2D eigenvalue weighted by Gasteiger charge is -2.33. The van der Waals surface area contributed by atoms with Crippen molar-refractivity contribution in [2.75, 3.05) is 24.5 Å². The molecule has 0 radical (unpaired) electrons. The Bertz CT molecular complexity index is 365. The molecule has 0 saturated carbocycles. The molecule has 2 aliphatic rings. The van der Waals surface area contributed by atoms with Crippen LogP contribution in [0.4, 0.5) is 5.69 Å². The van der Waals surface area contributed by atoms with Gasteiger partial charge in [-0.3, -0.25) is 0 Å². The molecule has 1 N–H and O–H groups in total. The van der Waals surface area contributed by atoms with Crippen molar-refractivity contribution in [2.24, 2.45) is 0 Å². The Morgan fingerprint density at radius 2 is 2.00 bits per heavy atom. The molecule has 1 aromatic carbocycles. The van der Waals surface area contributed by atoms with Gasteiger partial charge in [-0.05, 0) is 43.9 Å². The molecule has 18 heavy (non-hydrogen) atoms. The molecule has 2 nitrogen and oxygen atoms in total. The van der Waals surface area contributed by atoms with Crippen LogP contribution in [0.2, 0.25) is 0 Å². The molecule has 1 aromatic rings. The standard InChI is InChI=1S/C14H20N2.2ClH/c1-2-8-14-12(5-1)6-4-10-16(14)11-13-7-3-9-15-13;;/h1-2,5,8,13,15H,3-4,6-7,9-11H2;2*1H. The number of nitrogens with zero attached hydrogens (tertiary/aromatic N) is 1. The van der Waals surface area contributed by atoms with Crippen LogP contribution in [-0.4, -0.2) is 25.7 Å². The molecule has 2 aliphatic heterocycles. The number of fused-ring (bicyclic) bond motifs is 1. The minimum atomic E-state index is 0. The van der Waals surface area contributed by atoms with Crippen molar-refractivity contribution in [3.05, 3.63) is 29.8 Å². The molecular formula is C14H22Cl2N2. The first kappa shape index (κ1) is 15.6. The zero-order valence-corrected chi connectivity index (χ0v) is 12.2. The summed E-state index contributed by atoms with van der Waals surface area (Å²) < 4.78 is 0. The molecule has 1 atom stereocenters. The predicted octanol–water partition coefficient (Wildman–Crippen LogP) is 3.03. The average molecular weight is 289 g/mol. The van der Waals surface area contributed by atoms with E-state index in [1.807, 2.05) is 0 Å². The molecule has 0 aliphatic carbocycles. The normalized spacial score (nSPS) is 21.8. The Morgan fingerprint density at radius 1 is 1.17 bits per heavy atom. The first-order valence-electron chi connectivity index (χ1n) is 6.50. The number of anilines is 1. The SMILES string of the molecule is Cl.Cl.c1ccc2c(c1)CCCN2CC1CCCN1. The van der Waals surface area contributed by atoms with Gasteiger partial charge in [0.1, 0.15) is 0 Å². The van der Waals surface area contributed by atoms with E-state index < -0.39 is 0 Å². The summed E-state index contributed by atoms with van der Waals surface area (Å²) in [5, 5.41) is 3.59. The monoisotopic (exact) mass is 288 g/mol. The topological polar surface area (TPSA) is 15.3 Å². The summed E-state index contributed by atoms with van der Waals surface area (Å²) in [4.78, 5) is 2.57. The van der Waals surface area contributed by atoms with Gasteiger partial charge in [0.25, 0.3) is 0 Å². The molecular weight excluding hydrogens is 267 g/mol. The van der Waals surface area contributed by atoms with Gasteiger partial charge >= 0.3 is 0 Å². The minimum absolute atomic E-state index is 0. The van der Waals surface area contributed by atoms with Crippen molar-refractivity contribution in [3.63, 3.8) is 0 Å². The third-order valence-corrected chi connectivity index (χ3v) is 3.81. The highest BCUT2D eigenvalue weighted by Crippen LogP contribution is 2.27. The third-order valence-electron chi connectivity index (χ3n) is 3.81. The lowest BCUT2D eigenvalue weighted by atomic mass is 10.0. The van der Waals surface area contributed by atoms with E-state index in [0.29, 0.717) is 6.04 Å². The highest BCUT2D eigenvalue weighted by molar-refractivity contribution is 5.85. The summed E-state index contributed by atoms with van der Waals surface area (Å²) in [5.74, 6) is 0. The molecule has 0 aromatic heterocycles. The molecule has 1 fully saturated rings. The fraction of sp³-hybridized carbons (Fsp3) is 0.571. The molecule has 1 saturated heterocycles. The lowest BCUT2D eigenvalue weighted by Crippen LogP contribution is -2.40. The van der Waals surface area contributed by atoms with Crippen molar-refractivity contribution in [2.45, 2.75) is 31.7 Å². The molecule has 102 valence electrons. The number of rotatable bonds is 2. The van der Waals surface area contributed by atoms with Crippen LogP contribution in [0, 0.1) is 0 Å². The summed E-state index contributed by atoms with van der Waals surface area (Å²) in [5.41, 5.74) is 3.01. The van der Waals surface area contributed by atoms with E-state index in [0.717, 1.165) is 0 Å². The fourth-order valence-corrected chi connectivity index (χ4v) is 2.98. The van der Waals surface area contributed by atoms with Gasteiger partial charge in [0.2, 0.25) is 0 Å². The average Bonchev–Trinajstić information content (AvgIpc) is 2.82. The van der Waals surface area contributed by atoms with Gasteiger partial charge in [0.05, 0.1) is 0 Å². The van der Waals surface area contributed by atoms with E-state index in [2.05, 4.69) is 34.5 Å². The van der Waals surface area contributed by atoms with E-state index >= 15 is 0 Å². The Hall–Kier alpha value is -0.440. The number of hydrogen-bond acceptors (Lipinski definition) is 2. The van der Waals surface area contributed by atoms with Crippen molar-refractivity contribution in [1.29, 1.82) is 0 Å². The second-order valence-corrected chi connectivity index (χ2v) is 4.97. The summed E-state index contributed by atoms with van der Waals surface area (Å²) >= 11 is 0. The number of nitrogens with one attached hydrogen (secondary N) is 1. The van der Waals surface area contributed by atoms with Gasteiger partial charge < -0.3 is 10.2 Å². The number of benzene rings is 1. The summed E-state index contributed by atoms with van der Waals surface area (Å²) in [6.45, 7) is 3.63. The third kappa shape index (κ3) is 3.31. The molecule has 1 unspecified atom stereocenters. The van der Waals surface area contributed by atoms with Crippen molar-refractivity contribution in [3.8, 4) is 0 Å². The van der Waals surface area contributed by atoms with E-state index in [1.165, 1.54) is 56.6 Å². The van der Waals surface area contributed by atoms with Crippen molar-refractivity contribution in [1.82, 2.24) is 5.32 Å². The zero-order chi connectivity index (χ0) is 10.8. The molecule has 0 spiro atoms.